The maximum Gasteiger partial charge on any atom is 0.0978 e. The van der Waals surface area contributed by atoms with E-state index in [0.29, 0.717) is 0 Å². The van der Waals surface area contributed by atoms with E-state index in [1.54, 1.807) is 0 Å². The van der Waals surface area contributed by atoms with E-state index >= 15 is 0 Å². The Morgan fingerprint density at radius 2 is 0.491 bits per heavy atom. The van der Waals surface area contributed by atoms with Crippen LogP contribution in [0.1, 0.15) is 0 Å². The molecule has 0 aliphatic carbocycles. The van der Waals surface area contributed by atoms with Crippen molar-refractivity contribution in [2.45, 2.75) is 0 Å². The Balaban J connectivity index is 0.583. The molecule has 0 N–H and O–H groups in total. The third-order valence-corrected chi connectivity index (χ3v) is 23.3. The molecule has 8 heteroatoms. The van der Waals surface area contributed by atoms with E-state index in [0.717, 1.165) is 205 Å². The van der Waals surface area contributed by atoms with Crippen molar-refractivity contribution in [1.82, 2.24) is 39.9 Å². The number of rotatable bonds is 11. The van der Waals surface area contributed by atoms with Gasteiger partial charge in [-0.3, -0.25) is 19.9 Å². The molecule has 0 saturated carbocycles. The smallest absolute Gasteiger partial charge is 0.0978 e. The second kappa shape index (κ2) is 27.1. The SMILES string of the molecule is c1ccc(-c2c3ccccc3nc3c2ccc2ccc(-c4ccc5c6ccc(-c7cc(-c8ccccn8)cc(-c8ccc(-c9ccc(-c%10cc(-c%11ccccn%11)cc(-c%11c%12ccccc%12c(-c%12ccc%13ccc%14c(-c%15ccccc%15)c%15ccccc%15nc%14c%13n%12)c%12ccccc%11%12)c%10)nc9)cn8)c7)cc6c6ccccc6c5c4)nc23)cc1. The first-order valence-electron chi connectivity index (χ1n) is 39.2. The lowest BCUT2D eigenvalue weighted by Crippen LogP contribution is -1.95. The summed E-state index contributed by atoms with van der Waals surface area (Å²) in [5.41, 5.74) is 27.6. The van der Waals surface area contributed by atoms with E-state index in [1.807, 2.05) is 49.1 Å². The van der Waals surface area contributed by atoms with Crippen LogP contribution < -0.4 is 0 Å². The van der Waals surface area contributed by atoms with Crippen molar-refractivity contribution in [3.8, 4) is 123 Å². The fourth-order valence-corrected chi connectivity index (χ4v) is 17.9. The summed E-state index contributed by atoms with van der Waals surface area (Å²) in [4.78, 5) is 42.1. The van der Waals surface area contributed by atoms with Crippen LogP contribution in [0.3, 0.4) is 0 Å². The molecule has 116 heavy (non-hydrogen) atoms. The quantitative estimate of drug-likeness (QED) is 0.0932. The Morgan fingerprint density at radius 3 is 0.966 bits per heavy atom. The van der Waals surface area contributed by atoms with Gasteiger partial charge in [-0.1, -0.05) is 255 Å². The first-order chi connectivity index (χ1) is 57.5. The molecule has 15 aromatic carbocycles. The summed E-state index contributed by atoms with van der Waals surface area (Å²) in [7, 11) is 0. The van der Waals surface area contributed by atoms with Crippen LogP contribution in [-0.2, 0) is 0 Å². The molecule has 23 rings (SSSR count). The molecule has 0 aliphatic heterocycles. The number of hydrogen-bond acceptors (Lipinski definition) is 8. The zero-order valence-corrected chi connectivity index (χ0v) is 62.5. The highest BCUT2D eigenvalue weighted by atomic mass is 14.8. The van der Waals surface area contributed by atoms with E-state index in [2.05, 4.69) is 340 Å². The average Bonchev–Trinajstić information content (AvgIpc) is 0.740. The molecule has 8 nitrogen and oxygen atoms in total. The third kappa shape index (κ3) is 11.1. The molecule has 536 valence electrons. The minimum atomic E-state index is 0.837. The first kappa shape index (κ1) is 66.2. The predicted octanol–water partition coefficient (Wildman–Crippen LogP) is 27.9. The maximum atomic E-state index is 5.66. The van der Waals surface area contributed by atoms with Gasteiger partial charge in [-0.2, -0.15) is 0 Å². The van der Waals surface area contributed by atoms with Gasteiger partial charge in [-0.05, 0) is 196 Å². The largest absolute Gasteiger partial charge is 0.256 e. The molecule has 8 aromatic heterocycles. The average molecular weight is 1470 g/mol. The number of pyridine rings is 8. The second-order valence-corrected chi connectivity index (χ2v) is 30.0. The van der Waals surface area contributed by atoms with Crippen LogP contribution in [0.25, 0.3) is 242 Å². The lowest BCUT2D eigenvalue weighted by atomic mass is 9.85. The van der Waals surface area contributed by atoms with E-state index in [1.165, 1.54) is 37.9 Å². The van der Waals surface area contributed by atoms with Gasteiger partial charge in [-0.25, -0.2) is 19.9 Å². The van der Waals surface area contributed by atoms with Crippen molar-refractivity contribution in [3.05, 3.63) is 389 Å². The molecule has 0 aliphatic rings. The van der Waals surface area contributed by atoms with Gasteiger partial charge in [0.05, 0.1) is 67.3 Å². The van der Waals surface area contributed by atoms with Gasteiger partial charge in [0.2, 0.25) is 0 Å². The zero-order valence-electron chi connectivity index (χ0n) is 62.5. The molecular formula is C108H64N8. The molecule has 0 atom stereocenters. The van der Waals surface area contributed by atoms with Crippen molar-refractivity contribution in [3.63, 3.8) is 0 Å². The number of fused-ring (bicyclic) bond motifs is 16. The van der Waals surface area contributed by atoms with Gasteiger partial charge < -0.3 is 0 Å². The second-order valence-electron chi connectivity index (χ2n) is 30.0. The Morgan fingerprint density at radius 1 is 0.147 bits per heavy atom. The summed E-state index contributed by atoms with van der Waals surface area (Å²) in [6.07, 6.45) is 7.65. The molecule has 0 amide bonds. The molecule has 0 spiro atoms. The van der Waals surface area contributed by atoms with E-state index < -0.39 is 0 Å². The number of aromatic nitrogens is 8. The van der Waals surface area contributed by atoms with Gasteiger partial charge in [0.15, 0.2) is 0 Å². The van der Waals surface area contributed by atoms with Crippen molar-refractivity contribution < 1.29 is 0 Å². The summed E-state index contributed by atoms with van der Waals surface area (Å²) in [5, 5.41) is 18.0. The number of hydrogen-bond donors (Lipinski definition) is 0. The molecular weight excluding hydrogens is 1410 g/mol. The fourth-order valence-electron chi connectivity index (χ4n) is 17.9. The highest BCUT2D eigenvalue weighted by Crippen LogP contribution is 2.48. The molecule has 0 saturated heterocycles. The monoisotopic (exact) mass is 1470 g/mol. The number of nitrogens with zero attached hydrogens (tertiary/aromatic N) is 8. The van der Waals surface area contributed by atoms with Crippen molar-refractivity contribution >= 4 is 119 Å². The van der Waals surface area contributed by atoms with Crippen LogP contribution in [0.15, 0.2) is 389 Å². The lowest BCUT2D eigenvalue weighted by molar-refractivity contribution is 1.29. The van der Waals surface area contributed by atoms with Gasteiger partial charge in [0, 0.05) is 113 Å². The van der Waals surface area contributed by atoms with Gasteiger partial charge >= 0.3 is 0 Å². The standard InChI is InChI=1S/C108H64N8/c1-3-21-65(22-4-1)101-87-31-13-15-35-98(87)114-107-89(101)47-37-67-41-51-97(113-105(67)107)70-40-46-82-81-45-39-69(61-91(81)79-25-7-8-26-80(79)92(82)62-70)73-55-74(93-33-17-19-53-109-93)57-75(56-73)95-49-43-71(63-111-95)72-44-50-96(112-64-72)77-58-76(94-34-18-20-54-110-94)59-78(60-77)103-83-27-9-11-29-85(83)104(86-30-12-10-28-84(86)103)100-52-42-68-38-48-90-102(66-23-5-2-6-24-66)88-32-14-16-36-99(88)115-108(90)106(68)116-100/h1-64H. The normalized spacial score (nSPS) is 11.8. The Hall–Kier alpha value is -15.6. The van der Waals surface area contributed by atoms with Crippen LogP contribution in [0.5, 0.6) is 0 Å². The van der Waals surface area contributed by atoms with E-state index in [-0.39, 0.29) is 0 Å². The molecule has 0 unspecified atom stereocenters. The van der Waals surface area contributed by atoms with Crippen LogP contribution in [-0.4, -0.2) is 39.9 Å². The minimum absolute atomic E-state index is 0.837. The van der Waals surface area contributed by atoms with Gasteiger partial charge in [0.25, 0.3) is 0 Å². The van der Waals surface area contributed by atoms with Gasteiger partial charge in [0.1, 0.15) is 0 Å². The summed E-state index contributed by atoms with van der Waals surface area (Å²) >= 11 is 0. The topological polar surface area (TPSA) is 103 Å². The number of benzene rings is 15. The lowest BCUT2D eigenvalue weighted by Gasteiger charge is -2.19. The molecule has 0 radical (unpaired) electrons. The summed E-state index contributed by atoms with van der Waals surface area (Å²) < 4.78 is 0. The number of para-hydroxylation sites is 2. The van der Waals surface area contributed by atoms with Crippen LogP contribution >= 0.6 is 0 Å². The molecule has 0 fully saturated rings. The molecule has 23 aromatic rings. The van der Waals surface area contributed by atoms with Crippen LogP contribution in [0, 0.1) is 0 Å². The maximum absolute atomic E-state index is 5.66. The highest BCUT2D eigenvalue weighted by molar-refractivity contribution is 6.27. The Bertz CT molecular complexity index is 7900. The zero-order chi connectivity index (χ0) is 76.3. The predicted molar refractivity (Wildman–Crippen MR) is 481 cm³/mol. The Kier molecular flexibility index (Phi) is 15.5. The molecule has 0 bridgehead atoms. The van der Waals surface area contributed by atoms with Crippen LogP contribution in [0.4, 0.5) is 0 Å². The van der Waals surface area contributed by atoms with Crippen molar-refractivity contribution in [1.29, 1.82) is 0 Å². The fraction of sp³-hybridized carbons (Fsp3) is 0. The third-order valence-electron chi connectivity index (χ3n) is 23.3. The summed E-state index contributed by atoms with van der Waals surface area (Å²) in [5.74, 6) is 0. The minimum Gasteiger partial charge on any atom is -0.256 e. The highest BCUT2D eigenvalue weighted by Gasteiger charge is 2.24. The first-order valence-corrected chi connectivity index (χ1v) is 39.2. The van der Waals surface area contributed by atoms with Crippen molar-refractivity contribution in [2.24, 2.45) is 0 Å². The Labute approximate surface area is 666 Å². The summed E-state index contributed by atoms with van der Waals surface area (Å²) in [6.45, 7) is 0. The summed E-state index contributed by atoms with van der Waals surface area (Å²) in [6, 6.07) is 130. The van der Waals surface area contributed by atoms with Gasteiger partial charge in [-0.15, -0.1) is 0 Å². The van der Waals surface area contributed by atoms with Crippen LogP contribution in [0.2, 0.25) is 0 Å². The molecule has 8 heterocycles. The van der Waals surface area contributed by atoms with Crippen molar-refractivity contribution in [2.75, 3.05) is 0 Å². The van der Waals surface area contributed by atoms with E-state index in [4.69, 9.17) is 39.9 Å². The van der Waals surface area contributed by atoms with E-state index in [9.17, 15) is 0 Å².